The molecular formula is C26H24N2O5S. The van der Waals surface area contributed by atoms with Gasteiger partial charge in [0, 0.05) is 17.1 Å². The van der Waals surface area contributed by atoms with Crippen LogP contribution < -0.4 is 19.1 Å². The number of carbonyl (C=O) groups excluding carboxylic acids is 1. The summed E-state index contributed by atoms with van der Waals surface area (Å²) in [5.74, 6) is 0.211. The summed E-state index contributed by atoms with van der Waals surface area (Å²) in [4.78, 5) is 13.1. The van der Waals surface area contributed by atoms with E-state index < -0.39 is 22.5 Å². The number of nitrogens with zero attached hydrogens (tertiary/aromatic N) is 1. The van der Waals surface area contributed by atoms with E-state index in [1.165, 1.54) is 32.4 Å². The highest BCUT2D eigenvalue weighted by Crippen LogP contribution is 2.32. The minimum atomic E-state index is -4.10. The number of ether oxygens (including phenoxy) is 2. The third-order valence-corrected chi connectivity index (χ3v) is 7.11. The van der Waals surface area contributed by atoms with Crippen LogP contribution in [0.1, 0.15) is 0 Å². The van der Waals surface area contributed by atoms with Crippen molar-refractivity contribution >= 4 is 38.1 Å². The van der Waals surface area contributed by atoms with Crippen molar-refractivity contribution in [2.45, 2.75) is 4.90 Å². The van der Waals surface area contributed by atoms with Gasteiger partial charge in [-0.25, -0.2) is 8.42 Å². The van der Waals surface area contributed by atoms with Gasteiger partial charge in [-0.2, -0.15) is 0 Å². The van der Waals surface area contributed by atoms with E-state index in [9.17, 15) is 13.2 Å². The van der Waals surface area contributed by atoms with Crippen LogP contribution in [0.15, 0.2) is 95.9 Å². The molecule has 0 radical (unpaired) electrons. The average molecular weight is 477 g/mol. The van der Waals surface area contributed by atoms with Crippen molar-refractivity contribution in [3.8, 4) is 11.5 Å². The van der Waals surface area contributed by atoms with Crippen molar-refractivity contribution in [1.29, 1.82) is 0 Å². The number of nitrogens with one attached hydrogen (secondary N) is 1. The highest BCUT2D eigenvalue weighted by Gasteiger charge is 2.28. The molecule has 0 saturated carbocycles. The lowest BCUT2D eigenvalue weighted by molar-refractivity contribution is -0.114. The lowest BCUT2D eigenvalue weighted by atomic mass is 10.1. The average Bonchev–Trinajstić information content (AvgIpc) is 2.87. The number of methoxy groups -OCH3 is 2. The summed E-state index contributed by atoms with van der Waals surface area (Å²) in [5, 5.41) is 4.70. The van der Waals surface area contributed by atoms with Gasteiger partial charge in [-0.3, -0.25) is 9.10 Å². The van der Waals surface area contributed by atoms with Gasteiger partial charge in [0.25, 0.3) is 10.0 Å². The summed E-state index contributed by atoms with van der Waals surface area (Å²) in [6.07, 6.45) is 0. The lowest BCUT2D eigenvalue weighted by Gasteiger charge is -2.24. The zero-order chi connectivity index (χ0) is 24.1. The fourth-order valence-corrected chi connectivity index (χ4v) is 5.11. The molecule has 0 aliphatic heterocycles. The third-order valence-electron chi connectivity index (χ3n) is 5.34. The van der Waals surface area contributed by atoms with Crippen LogP contribution in [-0.2, 0) is 14.8 Å². The van der Waals surface area contributed by atoms with E-state index in [1.807, 2.05) is 36.4 Å². The predicted octanol–water partition coefficient (Wildman–Crippen LogP) is 4.69. The third kappa shape index (κ3) is 4.67. The van der Waals surface area contributed by atoms with Crippen molar-refractivity contribution in [2.75, 3.05) is 30.4 Å². The first kappa shape index (κ1) is 23.1. The molecule has 34 heavy (non-hydrogen) atoms. The van der Waals surface area contributed by atoms with Gasteiger partial charge in [0.15, 0.2) is 11.5 Å². The minimum Gasteiger partial charge on any atom is -0.493 e. The van der Waals surface area contributed by atoms with Crippen molar-refractivity contribution in [1.82, 2.24) is 0 Å². The van der Waals surface area contributed by atoms with E-state index >= 15 is 0 Å². The Morgan fingerprint density at radius 1 is 0.824 bits per heavy atom. The molecule has 0 spiro atoms. The first-order valence-electron chi connectivity index (χ1n) is 10.5. The summed E-state index contributed by atoms with van der Waals surface area (Å²) >= 11 is 0. The number of benzene rings is 4. The van der Waals surface area contributed by atoms with Gasteiger partial charge in [0.1, 0.15) is 6.54 Å². The molecule has 4 aromatic carbocycles. The predicted molar refractivity (Wildman–Crippen MR) is 133 cm³/mol. The topological polar surface area (TPSA) is 84.9 Å². The van der Waals surface area contributed by atoms with Crippen LogP contribution in [0.2, 0.25) is 0 Å². The van der Waals surface area contributed by atoms with Crippen molar-refractivity contribution in [3.05, 3.63) is 91.0 Å². The number of amides is 1. The Bertz CT molecular complexity index is 1420. The first-order chi connectivity index (χ1) is 16.4. The molecule has 0 bridgehead atoms. The van der Waals surface area contributed by atoms with Crippen LogP contribution in [-0.4, -0.2) is 35.1 Å². The smallest absolute Gasteiger partial charge is 0.264 e. The molecule has 174 valence electrons. The fraction of sp³-hybridized carbons (Fsp3) is 0.115. The van der Waals surface area contributed by atoms with Gasteiger partial charge in [-0.05, 0) is 35.7 Å². The molecule has 8 heteroatoms. The Balaban J connectivity index is 1.69. The number of para-hydroxylation sites is 1. The Morgan fingerprint density at radius 3 is 2.24 bits per heavy atom. The highest BCUT2D eigenvalue weighted by molar-refractivity contribution is 7.92. The second-order valence-electron chi connectivity index (χ2n) is 7.44. The molecular weight excluding hydrogens is 452 g/mol. The summed E-state index contributed by atoms with van der Waals surface area (Å²) in [5.41, 5.74) is 0.977. The zero-order valence-corrected chi connectivity index (χ0v) is 19.6. The van der Waals surface area contributed by atoms with E-state index in [0.29, 0.717) is 17.1 Å². The molecule has 7 nitrogen and oxygen atoms in total. The van der Waals surface area contributed by atoms with Gasteiger partial charge in [-0.1, -0.05) is 54.6 Å². The summed E-state index contributed by atoms with van der Waals surface area (Å²) < 4.78 is 38.9. The zero-order valence-electron chi connectivity index (χ0n) is 18.8. The Kier molecular flexibility index (Phi) is 6.70. The SMILES string of the molecule is COc1ccc(S(=O)(=O)N(CC(=O)Nc2cccc3ccccc23)c2ccccc2)cc1OC. The minimum absolute atomic E-state index is 0.0213. The van der Waals surface area contributed by atoms with Crippen molar-refractivity contribution < 1.29 is 22.7 Å². The van der Waals surface area contributed by atoms with Gasteiger partial charge in [-0.15, -0.1) is 0 Å². The fourth-order valence-electron chi connectivity index (χ4n) is 3.67. The van der Waals surface area contributed by atoms with Gasteiger partial charge >= 0.3 is 0 Å². The summed E-state index contributed by atoms with van der Waals surface area (Å²) in [6.45, 7) is -0.413. The lowest BCUT2D eigenvalue weighted by Crippen LogP contribution is -2.38. The monoisotopic (exact) mass is 476 g/mol. The Labute approximate surface area is 198 Å². The number of carbonyl (C=O) groups is 1. The quantitative estimate of drug-likeness (QED) is 0.399. The van der Waals surface area contributed by atoms with E-state index in [2.05, 4.69) is 5.32 Å². The molecule has 0 saturated heterocycles. The molecule has 0 unspecified atom stereocenters. The molecule has 0 heterocycles. The van der Waals surface area contributed by atoms with Gasteiger partial charge in [0.05, 0.1) is 24.8 Å². The van der Waals surface area contributed by atoms with Gasteiger partial charge < -0.3 is 14.8 Å². The van der Waals surface area contributed by atoms with Crippen LogP contribution in [0.3, 0.4) is 0 Å². The van der Waals surface area contributed by atoms with E-state index in [0.717, 1.165) is 15.1 Å². The van der Waals surface area contributed by atoms with Crippen molar-refractivity contribution in [3.63, 3.8) is 0 Å². The number of rotatable bonds is 8. The highest BCUT2D eigenvalue weighted by atomic mass is 32.2. The Hall–Kier alpha value is -4.04. The summed E-state index contributed by atoms with van der Waals surface area (Å²) in [6, 6.07) is 26.1. The molecule has 0 aromatic heterocycles. The molecule has 0 fully saturated rings. The summed E-state index contributed by atoms with van der Waals surface area (Å²) in [7, 11) is -1.20. The van der Waals surface area contributed by atoms with Crippen LogP contribution in [0.25, 0.3) is 10.8 Å². The maximum absolute atomic E-state index is 13.7. The molecule has 0 aliphatic carbocycles. The molecule has 0 atom stereocenters. The number of sulfonamides is 1. The van der Waals surface area contributed by atoms with Crippen LogP contribution in [0.4, 0.5) is 11.4 Å². The van der Waals surface area contributed by atoms with Crippen molar-refractivity contribution in [2.24, 2.45) is 0 Å². The standard InChI is InChI=1S/C26H24N2O5S/c1-32-24-16-15-21(17-25(24)33-2)34(30,31)28(20-11-4-3-5-12-20)18-26(29)27-23-14-8-10-19-9-6-7-13-22(19)23/h3-17H,18H2,1-2H3,(H,27,29). The molecule has 4 rings (SSSR count). The Morgan fingerprint density at radius 2 is 1.50 bits per heavy atom. The molecule has 4 aromatic rings. The number of hydrogen-bond donors (Lipinski definition) is 1. The molecule has 0 aliphatic rings. The second-order valence-corrected chi connectivity index (χ2v) is 9.30. The largest absolute Gasteiger partial charge is 0.493 e. The van der Waals surface area contributed by atoms with Crippen LogP contribution in [0, 0.1) is 0 Å². The van der Waals surface area contributed by atoms with E-state index in [-0.39, 0.29) is 10.6 Å². The number of anilines is 2. The second kappa shape index (κ2) is 9.84. The van der Waals surface area contributed by atoms with Crippen LogP contribution >= 0.6 is 0 Å². The maximum Gasteiger partial charge on any atom is 0.264 e. The first-order valence-corrected chi connectivity index (χ1v) is 12.0. The van der Waals surface area contributed by atoms with Crippen LogP contribution in [0.5, 0.6) is 11.5 Å². The van der Waals surface area contributed by atoms with E-state index in [4.69, 9.17) is 9.47 Å². The van der Waals surface area contributed by atoms with Gasteiger partial charge in [0.2, 0.25) is 5.91 Å². The number of fused-ring (bicyclic) bond motifs is 1. The molecule has 1 N–H and O–H groups in total. The number of hydrogen-bond acceptors (Lipinski definition) is 5. The van der Waals surface area contributed by atoms with E-state index in [1.54, 1.807) is 36.4 Å². The normalized spacial score (nSPS) is 11.1. The molecule has 1 amide bonds. The maximum atomic E-state index is 13.7.